The van der Waals surface area contributed by atoms with Crippen LogP contribution in [-0.4, -0.2) is 128 Å². The number of aliphatic imine (C=N–C) groups is 1. The Morgan fingerprint density at radius 2 is 1.52 bits per heavy atom. The van der Waals surface area contributed by atoms with Gasteiger partial charge in [0.05, 0.1) is 83.1 Å². The van der Waals surface area contributed by atoms with Crippen LogP contribution in [0.3, 0.4) is 0 Å². The number of allylic oxidation sites excluding steroid dienone is 2. The maximum absolute atomic E-state index is 14.2. The molecule has 3 aromatic heterocycles. The maximum atomic E-state index is 14.2. The highest BCUT2D eigenvalue weighted by Gasteiger charge is 2.78. The minimum atomic E-state index is -1.11. The molecule has 5 aromatic rings. The number of amides is 2. The number of ether oxygens (including phenoxy) is 6. The number of aromatic nitrogens is 3. The third-order valence-corrected chi connectivity index (χ3v) is 19.5. The highest BCUT2D eigenvalue weighted by atomic mass is 35.5. The number of methoxy groups -OCH3 is 1. The number of fused-ring (bicyclic) bond motifs is 7. The van der Waals surface area contributed by atoms with Gasteiger partial charge in [-0.1, -0.05) is 61.4 Å². The number of carbonyl (C=O) groups is 5. The summed E-state index contributed by atoms with van der Waals surface area (Å²) < 4.78 is 43.6. The molecule has 10 unspecified atom stereocenters. The Morgan fingerprint density at radius 3 is 2.22 bits per heavy atom. The second-order valence-electron chi connectivity index (χ2n) is 22.5. The topological polar surface area (TPSA) is 221 Å². The lowest BCUT2D eigenvalue weighted by Crippen LogP contribution is -2.66. The lowest BCUT2D eigenvalue weighted by atomic mass is 9.42. The van der Waals surface area contributed by atoms with Crippen LogP contribution in [-0.2, 0) is 47.6 Å². The minimum absolute atomic E-state index is 0.0209. The molecule has 1 saturated carbocycles. The van der Waals surface area contributed by atoms with Gasteiger partial charge in [0.25, 0.3) is 5.91 Å². The molecule has 0 radical (unpaired) electrons. The number of benzene rings is 2. The van der Waals surface area contributed by atoms with Crippen molar-refractivity contribution in [2.75, 3.05) is 59.8 Å². The molecule has 2 aromatic carbocycles. The number of rotatable bonds is 20. The third-order valence-electron chi connectivity index (χ3n) is 18.0. The van der Waals surface area contributed by atoms with Crippen molar-refractivity contribution < 1.29 is 56.8 Å². The van der Waals surface area contributed by atoms with Crippen molar-refractivity contribution in [2.24, 2.45) is 33.1 Å². The van der Waals surface area contributed by atoms with Crippen molar-refractivity contribution in [3.63, 3.8) is 0 Å². The summed E-state index contributed by atoms with van der Waals surface area (Å²) in [6.45, 7) is 16.5. The molecule has 3 aliphatic heterocycles. The number of nitrogens with zero attached hydrogens (tertiary/aromatic N) is 4. The van der Waals surface area contributed by atoms with Gasteiger partial charge in [0.15, 0.2) is 11.6 Å². The van der Waals surface area contributed by atoms with Crippen LogP contribution in [0, 0.1) is 48.9 Å². The molecule has 6 heterocycles. The molecule has 2 amide bonds. The molecule has 11 rings (SSSR count). The number of aryl methyl sites for hydroxylation is 2. The average Bonchev–Trinajstić information content (AvgIpc) is 3.76. The van der Waals surface area contributed by atoms with Gasteiger partial charge in [-0.05, 0) is 94.5 Å². The van der Waals surface area contributed by atoms with Crippen molar-refractivity contribution >= 4 is 58.2 Å². The predicted molar refractivity (Wildman–Crippen MR) is 301 cm³/mol. The summed E-state index contributed by atoms with van der Waals surface area (Å²) in [5.74, 6) is -0.517. The van der Waals surface area contributed by atoms with Crippen molar-refractivity contribution in [3.05, 3.63) is 134 Å². The molecule has 3 fully saturated rings. The summed E-state index contributed by atoms with van der Waals surface area (Å²) in [7, 11) is 1.35. The van der Waals surface area contributed by atoms with Gasteiger partial charge in [0.1, 0.15) is 34.8 Å². The Morgan fingerprint density at radius 1 is 0.840 bits per heavy atom. The number of halogens is 1. The Labute approximate surface area is 479 Å². The standard InChI is InChI=1S/C61H67ClN6O12S/c1-32-34(3)81-57-48(32)50(36-13-15-39(62)16-14-36)65-42(55-67-66-35(4)68(55)57)30-46(70)63-20-23-75-25-27-77-28-26-76-24-21-64-56(72)38-11-9-37(10-12-38)51-40(18-22-78-51)41-29-43-49(33(41)2)61(7)44(31-47(71)74-8)60(6)45(69)17-19-59(5)53(60)52(54(61)79-43)80-58(59)73/h9-19,22,41-44,52-54H,20-21,23-31H2,1-8H3,(H,63,70)(H,64,72). The third kappa shape index (κ3) is 9.70. The molecule has 10 atom stereocenters. The van der Waals surface area contributed by atoms with Gasteiger partial charge >= 0.3 is 11.9 Å². The van der Waals surface area contributed by atoms with Crippen LogP contribution in [0.4, 0.5) is 0 Å². The molecule has 2 saturated heterocycles. The fourth-order valence-corrected chi connectivity index (χ4v) is 15.4. The highest BCUT2D eigenvalue weighted by Crippen LogP contribution is 2.72. The fraction of sp³-hybridized carbons (Fsp3) is 0.475. The van der Waals surface area contributed by atoms with E-state index in [4.69, 9.17) is 49.4 Å². The number of nitrogens with one attached hydrogen (secondary N) is 2. The number of carbonyl (C=O) groups excluding carboxylic acids is 5. The monoisotopic (exact) mass is 1140 g/mol. The Bertz CT molecular complexity index is 3400. The second-order valence-corrected chi connectivity index (χ2v) is 24.1. The van der Waals surface area contributed by atoms with Crippen molar-refractivity contribution in [1.29, 1.82) is 0 Å². The van der Waals surface area contributed by atoms with Crippen molar-refractivity contribution in [2.45, 2.75) is 98.0 Å². The number of hydrogen-bond acceptors (Lipinski definition) is 16. The van der Waals surface area contributed by atoms with Gasteiger partial charge in [-0.3, -0.25) is 33.5 Å². The first-order valence-corrected chi connectivity index (χ1v) is 28.8. The van der Waals surface area contributed by atoms with Gasteiger partial charge in [0.2, 0.25) is 5.91 Å². The summed E-state index contributed by atoms with van der Waals surface area (Å²) in [5, 5.41) is 16.3. The zero-order chi connectivity index (χ0) is 57.1. The molecule has 20 heteroatoms. The van der Waals surface area contributed by atoms with E-state index in [0.29, 0.717) is 81.3 Å². The second kappa shape index (κ2) is 22.3. The predicted octanol–water partition coefficient (Wildman–Crippen LogP) is 8.51. The van der Waals surface area contributed by atoms with Crippen LogP contribution in [0.1, 0.15) is 108 Å². The molecule has 3 aliphatic carbocycles. The number of hydrogen-bond donors (Lipinski definition) is 2. The van der Waals surface area contributed by atoms with E-state index in [2.05, 4.69) is 48.5 Å². The van der Waals surface area contributed by atoms with E-state index in [9.17, 15) is 24.0 Å². The zero-order valence-corrected chi connectivity index (χ0v) is 48.3. The summed E-state index contributed by atoms with van der Waals surface area (Å²) in [6, 6.07) is 16.2. The molecular formula is C61H67ClN6O12S. The Balaban J connectivity index is 0.614. The first-order valence-electron chi connectivity index (χ1n) is 27.6. The average molecular weight is 1140 g/mol. The smallest absolute Gasteiger partial charge is 0.316 e. The van der Waals surface area contributed by atoms with Crippen LogP contribution >= 0.6 is 22.9 Å². The van der Waals surface area contributed by atoms with Crippen LogP contribution in [0.15, 0.2) is 93.6 Å². The highest BCUT2D eigenvalue weighted by molar-refractivity contribution is 7.15. The maximum Gasteiger partial charge on any atom is 0.316 e. The number of ketones is 1. The van der Waals surface area contributed by atoms with Crippen LogP contribution < -0.4 is 10.6 Å². The summed E-state index contributed by atoms with van der Waals surface area (Å²) >= 11 is 7.91. The lowest BCUT2D eigenvalue weighted by Gasteiger charge is -2.59. The Kier molecular flexibility index (Phi) is 15.5. The number of esters is 2. The van der Waals surface area contributed by atoms with E-state index in [-0.39, 0.29) is 48.4 Å². The summed E-state index contributed by atoms with van der Waals surface area (Å²) in [6.07, 6.45) is 3.92. The Hall–Kier alpha value is -6.61. The molecule has 426 valence electrons. The van der Waals surface area contributed by atoms with Crippen LogP contribution in [0.5, 0.6) is 0 Å². The molecule has 0 bridgehead atoms. The van der Waals surface area contributed by atoms with E-state index in [1.807, 2.05) is 67.8 Å². The van der Waals surface area contributed by atoms with Gasteiger partial charge < -0.3 is 43.5 Å². The van der Waals surface area contributed by atoms with Crippen LogP contribution in [0.25, 0.3) is 16.3 Å². The first-order chi connectivity index (χ1) is 38.9. The number of furan rings is 1. The van der Waals surface area contributed by atoms with E-state index in [1.54, 1.807) is 35.8 Å². The number of thiophene rings is 1. The van der Waals surface area contributed by atoms with E-state index >= 15 is 0 Å². The van der Waals surface area contributed by atoms with E-state index < -0.39 is 52.3 Å². The summed E-state index contributed by atoms with van der Waals surface area (Å²) in [4.78, 5) is 73.8. The molecule has 2 N–H and O–H groups in total. The summed E-state index contributed by atoms with van der Waals surface area (Å²) in [5.41, 5.74) is 5.18. The molecule has 6 aliphatic rings. The molecule has 0 spiro atoms. The zero-order valence-electron chi connectivity index (χ0n) is 46.7. The van der Waals surface area contributed by atoms with Crippen LogP contribution in [0.2, 0.25) is 5.02 Å². The van der Waals surface area contributed by atoms with Gasteiger partial charge in [-0.15, -0.1) is 21.5 Å². The molecular weight excluding hydrogens is 1080 g/mol. The SMILES string of the molecule is COC(=O)CC1C2(C)C3=C(C)C(c4ccoc4-c4ccc(C(=O)NCCOCCOCCOCCNC(=O)CC5N=C(c6ccc(Cl)cc6)c6c(sc(C)c6C)-n6c(C)nnc65)cc4)CC3OC2C2OC(=O)C3(C)C=CC(=O)C1(C)C23. The van der Waals surface area contributed by atoms with E-state index in [1.165, 1.54) is 18.1 Å². The molecule has 81 heavy (non-hydrogen) atoms. The molecule has 18 nitrogen and oxygen atoms in total. The fourth-order valence-electron chi connectivity index (χ4n) is 14.0. The van der Waals surface area contributed by atoms with E-state index in [0.717, 1.165) is 55.5 Å². The quantitative estimate of drug-likeness (QED) is 0.0424. The minimum Gasteiger partial charge on any atom is -0.469 e. The first kappa shape index (κ1) is 56.3. The largest absolute Gasteiger partial charge is 0.469 e. The van der Waals surface area contributed by atoms with Crippen molar-refractivity contribution in [1.82, 2.24) is 25.4 Å². The van der Waals surface area contributed by atoms with Gasteiger partial charge in [-0.2, -0.15) is 0 Å². The van der Waals surface area contributed by atoms with Crippen molar-refractivity contribution in [3.8, 4) is 16.3 Å². The van der Waals surface area contributed by atoms with Gasteiger partial charge in [0, 0.05) is 73.5 Å². The van der Waals surface area contributed by atoms with Gasteiger partial charge in [-0.25, -0.2) is 0 Å². The lowest BCUT2D eigenvalue weighted by molar-refractivity contribution is -0.190. The normalized spacial score (nSPS) is 27.7.